The smallest absolute Gasteiger partial charge is 0.320 e. The lowest BCUT2D eigenvalue weighted by Crippen LogP contribution is -2.35. The van der Waals surface area contributed by atoms with Crippen molar-refractivity contribution in [2.45, 2.75) is 24.9 Å². The van der Waals surface area contributed by atoms with Crippen LogP contribution in [0.25, 0.3) is 0 Å². The van der Waals surface area contributed by atoms with E-state index in [0.29, 0.717) is 0 Å². The predicted octanol–water partition coefficient (Wildman–Crippen LogP) is -1.41. The third-order valence-electron chi connectivity index (χ3n) is 1.42. The van der Waals surface area contributed by atoms with Gasteiger partial charge in [0, 0.05) is 0 Å². The first kappa shape index (κ1) is 10.9. The van der Waals surface area contributed by atoms with Gasteiger partial charge in [-0.3, -0.25) is 9.59 Å². The Kier molecular flexibility index (Phi) is 4.24. The number of nitrogens with two attached hydrogens (primary N) is 2. The average Bonchev–Trinajstić information content (AvgIpc) is 1.98. The monoisotopic (exact) mass is 176 g/mol. The molecule has 6 nitrogen and oxygen atoms in total. The van der Waals surface area contributed by atoms with Crippen molar-refractivity contribution in [2.24, 2.45) is 11.5 Å². The van der Waals surface area contributed by atoms with Gasteiger partial charge in [0.1, 0.15) is 12.1 Å². The van der Waals surface area contributed by atoms with Crippen LogP contribution in [0.2, 0.25) is 0 Å². The van der Waals surface area contributed by atoms with E-state index in [0.717, 1.165) is 0 Å². The van der Waals surface area contributed by atoms with Crippen LogP contribution in [-0.2, 0) is 9.59 Å². The number of hydrogen-bond acceptors (Lipinski definition) is 4. The van der Waals surface area contributed by atoms with Crippen LogP contribution in [0.15, 0.2) is 0 Å². The van der Waals surface area contributed by atoms with Crippen molar-refractivity contribution in [3.05, 3.63) is 0 Å². The average molecular weight is 176 g/mol. The molecule has 0 radical (unpaired) electrons. The minimum atomic E-state index is -1.15. The molecule has 0 aliphatic heterocycles. The van der Waals surface area contributed by atoms with Gasteiger partial charge < -0.3 is 21.7 Å². The SMILES string of the molecule is N[C@H](CC[C@@H](N)C(=O)O)C(=O)O. The Morgan fingerprint density at radius 1 is 1.00 bits per heavy atom. The zero-order chi connectivity index (χ0) is 9.72. The molecule has 2 atom stereocenters. The second kappa shape index (κ2) is 4.68. The van der Waals surface area contributed by atoms with Crippen molar-refractivity contribution in [3.8, 4) is 0 Å². The van der Waals surface area contributed by atoms with Crippen LogP contribution in [0.4, 0.5) is 0 Å². The molecule has 0 heterocycles. The predicted molar refractivity (Wildman–Crippen MR) is 40.5 cm³/mol. The van der Waals surface area contributed by atoms with E-state index in [-0.39, 0.29) is 12.8 Å². The molecule has 0 fully saturated rings. The molecular formula is C6H12N2O4. The van der Waals surface area contributed by atoms with Crippen molar-refractivity contribution < 1.29 is 19.8 Å². The molecular weight excluding hydrogens is 164 g/mol. The molecule has 0 aliphatic rings. The second-order valence-electron chi connectivity index (χ2n) is 2.47. The van der Waals surface area contributed by atoms with Crippen molar-refractivity contribution in [1.82, 2.24) is 0 Å². The van der Waals surface area contributed by atoms with Crippen molar-refractivity contribution in [2.75, 3.05) is 0 Å². The summed E-state index contributed by atoms with van der Waals surface area (Å²) in [6, 6.07) is -2.06. The van der Waals surface area contributed by atoms with Gasteiger partial charge in [0.2, 0.25) is 0 Å². The van der Waals surface area contributed by atoms with Crippen LogP contribution < -0.4 is 11.5 Å². The molecule has 0 amide bonds. The van der Waals surface area contributed by atoms with Crippen LogP contribution in [-0.4, -0.2) is 34.2 Å². The highest BCUT2D eigenvalue weighted by atomic mass is 16.4. The summed E-state index contributed by atoms with van der Waals surface area (Å²) in [4.78, 5) is 20.3. The van der Waals surface area contributed by atoms with Gasteiger partial charge in [0.15, 0.2) is 0 Å². The van der Waals surface area contributed by atoms with E-state index < -0.39 is 24.0 Å². The third-order valence-corrected chi connectivity index (χ3v) is 1.42. The first-order valence-electron chi connectivity index (χ1n) is 3.42. The molecule has 0 aromatic heterocycles. The minimum Gasteiger partial charge on any atom is -0.480 e. The highest BCUT2D eigenvalue weighted by molar-refractivity contribution is 5.74. The van der Waals surface area contributed by atoms with Gasteiger partial charge >= 0.3 is 11.9 Å². The fourth-order valence-electron chi connectivity index (χ4n) is 0.606. The summed E-state index contributed by atoms with van der Waals surface area (Å²) >= 11 is 0. The normalized spacial score (nSPS) is 15.2. The number of carboxylic acid groups (broad SMARTS) is 2. The summed E-state index contributed by atoms with van der Waals surface area (Å²) in [6.45, 7) is 0. The largest absolute Gasteiger partial charge is 0.480 e. The maximum Gasteiger partial charge on any atom is 0.320 e. The van der Waals surface area contributed by atoms with Gasteiger partial charge in [0.25, 0.3) is 0 Å². The molecule has 70 valence electrons. The van der Waals surface area contributed by atoms with Gasteiger partial charge in [-0.1, -0.05) is 0 Å². The zero-order valence-corrected chi connectivity index (χ0v) is 6.43. The lowest BCUT2D eigenvalue weighted by atomic mass is 10.1. The number of hydrogen-bond donors (Lipinski definition) is 4. The Bertz CT molecular complexity index is 162. The molecule has 0 aliphatic carbocycles. The number of aliphatic carboxylic acids is 2. The van der Waals surface area contributed by atoms with Gasteiger partial charge in [-0.2, -0.15) is 0 Å². The van der Waals surface area contributed by atoms with Crippen molar-refractivity contribution in [1.29, 1.82) is 0 Å². The maximum atomic E-state index is 10.2. The lowest BCUT2D eigenvalue weighted by Gasteiger charge is -2.08. The second-order valence-corrected chi connectivity index (χ2v) is 2.47. The summed E-state index contributed by atoms with van der Waals surface area (Å²) in [5.74, 6) is -2.29. The minimum absolute atomic E-state index is 0.0722. The molecule has 0 aromatic rings. The molecule has 0 aromatic carbocycles. The molecule has 0 rings (SSSR count). The van der Waals surface area contributed by atoms with Gasteiger partial charge in [-0.15, -0.1) is 0 Å². The lowest BCUT2D eigenvalue weighted by molar-refractivity contribution is -0.141. The molecule has 0 unspecified atom stereocenters. The summed E-state index contributed by atoms with van der Waals surface area (Å²) in [5.41, 5.74) is 10.2. The number of rotatable bonds is 5. The summed E-state index contributed by atoms with van der Waals surface area (Å²) in [7, 11) is 0. The van der Waals surface area contributed by atoms with Crippen LogP contribution in [0.5, 0.6) is 0 Å². The Balaban J connectivity index is 3.68. The van der Waals surface area contributed by atoms with Gasteiger partial charge in [-0.25, -0.2) is 0 Å². The number of carboxylic acids is 2. The highest BCUT2D eigenvalue weighted by Crippen LogP contribution is 1.98. The maximum absolute atomic E-state index is 10.2. The fourth-order valence-corrected chi connectivity index (χ4v) is 0.606. The molecule has 0 spiro atoms. The van der Waals surface area contributed by atoms with Crippen LogP contribution in [0, 0.1) is 0 Å². The zero-order valence-electron chi connectivity index (χ0n) is 6.43. The van der Waals surface area contributed by atoms with E-state index >= 15 is 0 Å². The highest BCUT2D eigenvalue weighted by Gasteiger charge is 2.16. The fraction of sp³-hybridized carbons (Fsp3) is 0.667. The van der Waals surface area contributed by atoms with E-state index in [9.17, 15) is 9.59 Å². The molecule has 0 saturated carbocycles. The summed E-state index contributed by atoms with van der Waals surface area (Å²) in [6.07, 6.45) is 0.144. The molecule has 12 heavy (non-hydrogen) atoms. The first-order chi connectivity index (χ1) is 5.45. The molecule has 6 heteroatoms. The van der Waals surface area contributed by atoms with Crippen molar-refractivity contribution >= 4 is 11.9 Å². The van der Waals surface area contributed by atoms with Gasteiger partial charge in [-0.05, 0) is 12.8 Å². The van der Waals surface area contributed by atoms with E-state index in [2.05, 4.69) is 0 Å². The van der Waals surface area contributed by atoms with E-state index in [4.69, 9.17) is 21.7 Å². The Morgan fingerprint density at radius 3 is 1.42 bits per heavy atom. The van der Waals surface area contributed by atoms with Gasteiger partial charge in [0.05, 0.1) is 0 Å². The Morgan fingerprint density at radius 2 is 1.25 bits per heavy atom. The van der Waals surface area contributed by atoms with E-state index in [1.165, 1.54) is 0 Å². The topological polar surface area (TPSA) is 127 Å². The molecule has 6 N–H and O–H groups in total. The van der Waals surface area contributed by atoms with Crippen LogP contribution >= 0.6 is 0 Å². The van der Waals surface area contributed by atoms with E-state index in [1.54, 1.807) is 0 Å². The quantitative estimate of drug-likeness (QED) is 0.407. The molecule has 0 saturated heterocycles. The van der Waals surface area contributed by atoms with E-state index in [1.807, 2.05) is 0 Å². The molecule has 0 bridgehead atoms. The van der Waals surface area contributed by atoms with Crippen LogP contribution in [0.1, 0.15) is 12.8 Å². The standard InChI is InChI=1S/C6H12N2O4/c7-3(5(9)10)1-2-4(8)6(11)12/h3-4H,1-2,7-8H2,(H,9,10)(H,11,12)/t3-,4-/m1/s1. The first-order valence-corrected chi connectivity index (χ1v) is 3.42. The number of carbonyl (C=O) groups is 2. The Labute approximate surface area is 69.2 Å². The third kappa shape index (κ3) is 3.89. The summed E-state index contributed by atoms with van der Waals surface area (Å²) < 4.78 is 0. The summed E-state index contributed by atoms with van der Waals surface area (Å²) in [5, 5.41) is 16.6. The van der Waals surface area contributed by atoms with Crippen molar-refractivity contribution in [3.63, 3.8) is 0 Å². The Hall–Kier alpha value is -1.14. The van der Waals surface area contributed by atoms with Crippen LogP contribution in [0.3, 0.4) is 0 Å².